The topological polar surface area (TPSA) is 116 Å². The number of amides is 2. The third kappa shape index (κ3) is 8.41. The van der Waals surface area contributed by atoms with Crippen LogP contribution in [0.1, 0.15) is 56.5 Å². The van der Waals surface area contributed by atoms with Gasteiger partial charge in [-0.2, -0.15) is 32.1 Å². The van der Waals surface area contributed by atoms with Gasteiger partial charge in [-0.05, 0) is 52.3 Å². The number of nitrogens with one attached hydrogen (secondary N) is 1. The summed E-state index contributed by atoms with van der Waals surface area (Å²) in [5.41, 5.74) is -5.64. The van der Waals surface area contributed by atoms with E-state index in [-0.39, 0.29) is 26.4 Å². The summed E-state index contributed by atoms with van der Waals surface area (Å²) >= 11 is 0. The second-order valence-corrected chi connectivity index (χ2v) is 11.6. The van der Waals surface area contributed by atoms with Crippen molar-refractivity contribution in [3.63, 3.8) is 0 Å². The normalized spacial score (nSPS) is 14.5. The van der Waals surface area contributed by atoms with E-state index in [0.29, 0.717) is 6.07 Å². The molecule has 0 fully saturated rings. The van der Waals surface area contributed by atoms with E-state index in [9.17, 15) is 40.7 Å². The molecule has 0 aliphatic heterocycles. The third-order valence-electron chi connectivity index (χ3n) is 6.00. The summed E-state index contributed by atoms with van der Waals surface area (Å²) in [6.45, 7) is 0.156. The predicted molar refractivity (Wildman–Crippen MR) is 145 cm³/mol. The molecule has 0 radical (unpaired) electrons. The van der Waals surface area contributed by atoms with Gasteiger partial charge in [-0.25, -0.2) is 13.9 Å². The SMILES string of the molecule is [2H]C([2H])([2H])N(C(=O)OC(C)(C)C)[C@H](Cc1cnn(C(F)F)c1)C(=O)NC(C)(C)Cn1nc(C(F)(F)F)cc1-c1cc(F)c(=O)n(C)c1. The standard InChI is InChI=1S/C27H33F6N7O4/c1-25(2,3)44-24(43)38(7)19(8-15-11-34-39(12-15)23(29)30)21(41)35-26(4,5)14-40-18(10-20(36-40)27(31,32)33)16-9-17(28)22(42)37(6)13-16/h9-13,19,23H,8,14H2,1-7H3,(H,35,41)/t19-/m1/s1/i7D3. The zero-order valence-electron chi connectivity index (χ0n) is 27.5. The van der Waals surface area contributed by atoms with Crippen LogP contribution in [0.3, 0.4) is 0 Å². The van der Waals surface area contributed by atoms with Crippen LogP contribution < -0.4 is 10.9 Å². The first-order valence-electron chi connectivity index (χ1n) is 14.5. The summed E-state index contributed by atoms with van der Waals surface area (Å²) in [5, 5.41) is 9.55. The smallest absolute Gasteiger partial charge is 0.435 e. The zero-order valence-corrected chi connectivity index (χ0v) is 24.5. The van der Waals surface area contributed by atoms with Gasteiger partial charge in [-0.15, -0.1) is 0 Å². The summed E-state index contributed by atoms with van der Waals surface area (Å²) in [6, 6.07) is -0.571. The highest BCUT2D eigenvalue weighted by Gasteiger charge is 2.37. The molecule has 0 aromatic carbocycles. The second kappa shape index (κ2) is 12.4. The largest absolute Gasteiger partial charge is 0.444 e. The Morgan fingerprint density at radius 3 is 2.32 bits per heavy atom. The van der Waals surface area contributed by atoms with Crippen molar-refractivity contribution in [3.8, 4) is 11.3 Å². The van der Waals surface area contributed by atoms with Crippen molar-refractivity contribution < 1.29 is 44.8 Å². The van der Waals surface area contributed by atoms with Crippen LogP contribution >= 0.6 is 0 Å². The van der Waals surface area contributed by atoms with Crippen molar-refractivity contribution in [3.05, 3.63) is 58.2 Å². The first kappa shape index (κ1) is 29.7. The van der Waals surface area contributed by atoms with Crippen LogP contribution in [0, 0.1) is 5.82 Å². The van der Waals surface area contributed by atoms with Gasteiger partial charge in [0, 0.05) is 42.5 Å². The molecule has 3 aromatic rings. The molecule has 11 nitrogen and oxygen atoms in total. The quantitative estimate of drug-likeness (QED) is 0.349. The Labute approximate surface area is 252 Å². The van der Waals surface area contributed by atoms with Crippen LogP contribution in [0.15, 0.2) is 35.5 Å². The Bertz CT molecular complexity index is 1650. The van der Waals surface area contributed by atoms with E-state index in [1.54, 1.807) is 0 Å². The van der Waals surface area contributed by atoms with Gasteiger partial charge in [0.05, 0.1) is 24.0 Å². The van der Waals surface area contributed by atoms with Gasteiger partial charge >= 0.3 is 18.8 Å². The molecule has 0 saturated carbocycles. The lowest BCUT2D eigenvalue weighted by Crippen LogP contribution is -2.56. The summed E-state index contributed by atoms with van der Waals surface area (Å²) in [6.07, 6.45) is -4.11. The van der Waals surface area contributed by atoms with Crippen molar-refractivity contribution in [2.45, 2.75) is 77.5 Å². The first-order valence-corrected chi connectivity index (χ1v) is 13.0. The fraction of sp³-hybridized carbons (Fsp3) is 0.519. The minimum Gasteiger partial charge on any atom is -0.444 e. The van der Waals surface area contributed by atoms with Crippen LogP contribution in [0.5, 0.6) is 0 Å². The maximum Gasteiger partial charge on any atom is 0.435 e. The van der Waals surface area contributed by atoms with E-state index in [2.05, 4.69) is 15.5 Å². The van der Waals surface area contributed by atoms with Gasteiger partial charge in [0.25, 0.3) is 5.56 Å². The minimum atomic E-state index is -4.94. The Hall–Kier alpha value is -4.31. The van der Waals surface area contributed by atoms with Crippen LogP contribution in [-0.2, 0) is 35.7 Å². The van der Waals surface area contributed by atoms with E-state index < -0.39 is 78.9 Å². The molecule has 17 heteroatoms. The monoisotopic (exact) mass is 636 g/mol. The first-order chi connectivity index (χ1) is 21.3. The number of nitrogens with zero attached hydrogens (tertiary/aromatic N) is 6. The van der Waals surface area contributed by atoms with Crippen molar-refractivity contribution in [1.82, 2.24) is 34.3 Å². The van der Waals surface area contributed by atoms with E-state index in [1.807, 2.05) is 0 Å². The molecule has 1 N–H and O–H groups in total. The number of hydrogen-bond acceptors (Lipinski definition) is 6. The highest BCUT2D eigenvalue weighted by atomic mass is 19.4. The molecule has 3 rings (SSSR count). The maximum absolute atomic E-state index is 14.3. The average Bonchev–Trinajstić information content (AvgIpc) is 3.51. The number of pyridine rings is 1. The van der Waals surface area contributed by atoms with E-state index >= 15 is 0 Å². The molecule has 3 heterocycles. The highest BCUT2D eigenvalue weighted by molar-refractivity contribution is 5.86. The van der Waals surface area contributed by atoms with Crippen LogP contribution in [0.25, 0.3) is 11.3 Å². The number of rotatable bonds is 9. The molecule has 0 bridgehead atoms. The average molecular weight is 637 g/mol. The Morgan fingerprint density at radius 1 is 1.14 bits per heavy atom. The lowest BCUT2D eigenvalue weighted by atomic mass is 10.0. The van der Waals surface area contributed by atoms with Gasteiger partial charge in [-0.3, -0.25) is 19.2 Å². The van der Waals surface area contributed by atoms with Crippen LogP contribution in [0.2, 0.25) is 0 Å². The summed E-state index contributed by atoms with van der Waals surface area (Å²) in [7, 11) is 1.19. The molecule has 0 saturated heterocycles. The van der Waals surface area contributed by atoms with Crippen molar-refractivity contribution in [2.75, 3.05) is 6.98 Å². The summed E-state index contributed by atoms with van der Waals surface area (Å²) in [5.74, 6) is -2.39. The lowest BCUT2D eigenvalue weighted by Gasteiger charge is -2.33. The number of carbonyl (C=O) groups is 2. The molecule has 242 valence electrons. The van der Waals surface area contributed by atoms with Crippen molar-refractivity contribution >= 4 is 12.0 Å². The van der Waals surface area contributed by atoms with E-state index in [4.69, 9.17) is 8.85 Å². The maximum atomic E-state index is 14.3. The Morgan fingerprint density at radius 2 is 1.80 bits per heavy atom. The minimum absolute atomic E-state index is 0.0537. The molecule has 0 spiro atoms. The Balaban J connectivity index is 2.06. The van der Waals surface area contributed by atoms with Gasteiger partial charge in [0.15, 0.2) is 11.5 Å². The fourth-order valence-corrected chi connectivity index (χ4v) is 4.10. The summed E-state index contributed by atoms with van der Waals surface area (Å²) in [4.78, 5) is 39.0. The summed E-state index contributed by atoms with van der Waals surface area (Å²) < 4.78 is 113. The molecule has 2 amide bonds. The lowest BCUT2D eigenvalue weighted by molar-refractivity contribution is -0.141. The van der Waals surface area contributed by atoms with Gasteiger partial charge in [0.2, 0.25) is 5.91 Å². The molecule has 0 unspecified atom stereocenters. The Kier molecular flexibility index (Phi) is 8.35. The fourth-order valence-electron chi connectivity index (χ4n) is 4.10. The zero-order chi connectivity index (χ0) is 35.9. The molecule has 3 aromatic heterocycles. The highest BCUT2D eigenvalue weighted by Crippen LogP contribution is 2.32. The molecule has 0 aliphatic carbocycles. The van der Waals surface area contributed by atoms with Gasteiger partial charge in [-0.1, -0.05) is 0 Å². The molecule has 1 atom stereocenters. The van der Waals surface area contributed by atoms with Crippen LogP contribution in [-0.4, -0.2) is 65.2 Å². The second-order valence-electron chi connectivity index (χ2n) is 11.6. The molecule has 0 aliphatic rings. The number of alkyl halides is 5. The molecule has 44 heavy (non-hydrogen) atoms. The van der Waals surface area contributed by atoms with Crippen LogP contribution in [0.4, 0.5) is 31.1 Å². The number of hydrogen-bond donors (Lipinski definition) is 1. The van der Waals surface area contributed by atoms with Gasteiger partial charge in [0.1, 0.15) is 11.6 Å². The van der Waals surface area contributed by atoms with Crippen molar-refractivity contribution in [2.24, 2.45) is 7.05 Å². The van der Waals surface area contributed by atoms with E-state index in [0.717, 1.165) is 33.9 Å². The number of carbonyl (C=O) groups excluding carboxylic acids is 2. The number of aromatic nitrogens is 5. The van der Waals surface area contributed by atoms with Crippen molar-refractivity contribution in [1.29, 1.82) is 0 Å². The van der Waals surface area contributed by atoms with E-state index in [1.165, 1.54) is 41.7 Å². The van der Waals surface area contributed by atoms with Gasteiger partial charge < -0.3 is 14.6 Å². The number of aryl methyl sites for hydroxylation is 1. The number of ether oxygens (including phenoxy) is 1. The number of halogens is 6. The predicted octanol–water partition coefficient (Wildman–Crippen LogP) is 4.37. The third-order valence-corrected chi connectivity index (χ3v) is 6.00. The number of likely N-dealkylation sites (N-methyl/N-ethyl adjacent to an activating group) is 1. The molecular formula is C27H33F6N7O4. The molecular weight excluding hydrogens is 600 g/mol.